The molecule has 1 saturated heterocycles. The van der Waals surface area contributed by atoms with Crippen molar-refractivity contribution in [2.75, 3.05) is 24.6 Å². The maximum atomic E-state index is 11.7. The Labute approximate surface area is 145 Å². The molecule has 5 rings (SSSR count). The van der Waals surface area contributed by atoms with Gasteiger partial charge < -0.3 is 14.8 Å². The first-order valence-electron chi connectivity index (χ1n) is 8.62. The molecule has 1 spiro atoms. The lowest BCUT2D eigenvalue weighted by Crippen LogP contribution is -2.27. The van der Waals surface area contributed by atoms with E-state index >= 15 is 0 Å². The molecule has 2 fully saturated rings. The third-order valence-electron chi connectivity index (χ3n) is 5.30. The van der Waals surface area contributed by atoms with Crippen molar-refractivity contribution in [3.63, 3.8) is 0 Å². The molecule has 2 aromatic rings. The van der Waals surface area contributed by atoms with Crippen molar-refractivity contribution in [3.8, 4) is 17.4 Å². The van der Waals surface area contributed by atoms with Crippen LogP contribution in [0.4, 0.5) is 10.5 Å². The van der Waals surface area contributed by atoms with Crippen LogP contribution in [0.5, 0.6) is 17.4 Å². The van der Waals surface area contributed by atoms with Crippen LogP contribution in [0, 0.1) is 6.92 Å². The Morgan fingerprint density at radius 1 is 1.28 bits per heavy atom. The van der Waals surface area contributed by atoms with Gasteiger partial charge in [-0.2, -0.15) is 0 Å². The van der Waals surface area contributed by atoms with Crippen LogP contribution < -0.4 is 19.7 Å². The zero-order valence-corrected chi connectivity index (χ0v) is 14.0. The number of aromatic nitrogens is 1. The molecule has 1 aromatic carbocycles. The van der Waals surface area contributed by atoms with Crippen LogP contribution in [-0.4, -0.2) is 30.7 Å². The average Bonchev–Trinajstić information content (AvgIpc) is 3.10. The molecule has 0 unspecified atom stereocenters. The molecule has 0 atom stereocenters. The van der Waals surface area contributed by atoms with Gasteiger partial charge in [0.05, 0.1) is 18.5 Å². The first kappa shape index (κ1) is 14.6. The van der Waals surface area contributed by atoms with Gasteiger partial charge in [-0.1, -0.05) is 6.07 Å². The Morgan fingerprint density at radius 3 is 2.84 bits per heavy atom. The minimum Gasteiger partial charge on any atom is -0.492 e. The number of carbonyl (C=O) groups excluding carboxylic acids is 1. The van der Waals surface area contributed by atoms with Crippen molar-refractivity contribution < 1.29 is 14.3 Å². The predicted octanol–water partition coefficient (Wildman–Crippen LogP) is 3.14. The van der Waals surface area contributed by atoms with E-state index in [1.807, 2.05) is 24.3 Å². The van der Waals surface area contributed by atoms with Gasteiger partial charge in [0.15, 0.2) is 0 Å². The molecule has 128 valence electrons. The monoisotopic (exact) mass is 337 g/mol. The van der Waals surface area contributed by atoms with Gasteiger partial charge in [0, 0.05) is 30.1 Å². The first-order chi connectivity index (χ1) is 12.2. The molecule has 1 saturated carbocycles. The number of aryl methyl sites for hydroxylation is 1. The van der Waals surface area contributed by atoms with Crippen molar-refractivity contribution in [2.24, 2.45) is 0 Å². The molecule has 25 heavy (non-hydrogen) atoms. The SMILES string of the molecule is Cc1ccc(Oc2ccc(N3CCNC3=O)cn2)c2c1OCC21CC1. The second-order valence-corrected chi connectivity index (χ2v) is 6.99. The molecular weight excluding hydrogens is 318 g/mol. The average molecular weight is 337 g/mol. The number of amides is 2. The van der Waals surface area contributed by atoms with E-state index in [9.17, 15) is 4.79 Å². The second kappa shape index (κ2) is 5.12. The van der Waals surface area contributed by atoms with Gasteiger partial charge in [-0.05, 0) is 37.5 Å². The molecule has 2 aliphatic heterocycles. The van der Waals surface area contributed by atoms with Gasteiger partial charge in [0.25, 0.3) is 0 Å². The molecule has 2 amide bonds. The van der Waals surface area contributed by atoms with Crippen LogP contribution in [0.25, 0.3) is 0 Å². The Morgan fingerprint density at radius 2 is 2.16 bits per heavy atom. The summed E-state index contributed by atoms with van der Waals surface area (Å²) in [6.07, 6.45) is 3.98. The van der Waals surface area contributed by atoms with Gasteiger partial charge in [-0.15, -0.1) is 0 Å². The summed E-state index contributed by atoms with van der Waals surface area (Å²) in [5.41, 5.74) is 3.26. The molecule has 0 bridgehead atoms. The number of nitrogens with one attached hydrogen (secondary N) is 1. The summed E-state index contributed by atoms with van der Waals surface area (Å²) in [5.74, 6) is 2.33. The quantitative estimate of drug-likeness (QED) is 0.934. The lowest BCUT2D eigenvalue weighted by Gasteiger charge is -2.15. The Bertz CT molecular complexity index is 859. The van der Waals surface area contributed by atoms with Gasteiger partial charge in [0.1, 0.15) is 11.5 Å². The largest absolute Gasteiger partial charge is 0.492 e. The molecule has 1 N–H and O–H groups in total. The minimum absolute atomic E-state index is 0.0837. The predicted molar refractivity (Wildman–Crippen MR) is 92.6 cm³/mol. The number of pyridine rings is 1. The van der Waals surface area contributed by atoms with Crippen molar-refractivity contribution in [1.29, 1.82) is 0 Å². The van der Waals surface area contributed by atoms with Gasteiger partial charge >= 0.3 is 6.03 Å². The van der Waals surface area contributed by atoms with E-state index < -0.39 is 0 Å². The fourth-order valence-electron chi connectivity index (χ4n) is 3.69. The zero-order valence-electron chi connectivity index (χ0n) is 14.0. The van der Waals surface area contributed by atoms with Crippen molar-refractivity contribution in [2.45, 2.75) is 25.2 Å². The number of carbonyl (C=O) groups is 1. The fourth-order valence-corrected chi connectivity index (χ4v) is 3.69. The summed E-state index contributed by atoms with van der Waals surface area (Å²) >= 11 is 0. The van der Waals surface area contributed by atoms with Gasteiger partial charge in [-0.25, -0.2) is 9.78 Å². The van der Waals surface area contributed by atoms with E-state index in [4.69, 9.17) is 9.47 Å². The number of ether oxygens (including phenoxy) is 2. The zero-order chi connectivity index (χ0) is 17.0. The number of fused-ring (bicyclic) bond motifs is 2. The van der Waals surface area contributed by atoms with Crippen LogP contribution in [-0.2, 0) is 5.41 Å². The van der Waals surface area contributed by atoms with Crippen molar-refractivity contribution in [3.05, 3.63) is 41.6 Å². The lowest BCUT2D eigenvalue weighted by atomic mass is 9.95. The highest BCUT2D eigenvalue weighted by atomic mass is 16.5. The Balaban J connectivity index is 1.43. The topological polar surface area (TPSA) is 63.7 Å². The number of hydrogen-bond donors (Lipinski definition) is 1. The minimum atomic E-state index is -0.0837. The van der Waals surface area contributed by atoms with Gasteiger partial charge in [0.2, 0.25) is 5.88 Å². The number of nitrogens with zero attached hydrogens (tertiary/aromatic N) is 2. The van der Waals surface area contributed by atoms with E-state index in [0.717, 1.165) is 42.2 Å². The van der Waals surface area contributed by atoms with Gasteiger partial charge in [-0.3, -0.25) is 4.90 Å². The third-order valence-corrected chi connectivity index (χ3v) is 5.30. The number of anilines is 1. The van der Waals surface area contributed by atoms with Crippen LogP contribution in [0.15, 0.2) is 30.5 Å². The normalized spacial score (nSPS) is 19.6. The molecular formula is C19H19N3O3. The summed E-state index contributed by atoms with van der Waals surface area (Å²) < 4.78 is 12.0. The molecule has 6 heteroatoms. The summed E-state index contributed by atoms with van der Waals surface area (Å²) in [6.45, 7) is 4.14. The molecule has 1 aliphatic carbocycles. The number of urea groups is 1. The van der Waals surface area contributed by atoms with Crippen LogP contribution in [0.3, 0.4) is 0 Å². The highest BCUT2D eigenvalue weighted by Gasteiger charge is 2.53. The van der Waals surface area contributed by atoms with Crippen molar-refractivity contribution >= 4 is 11.7 Å². The van der Waals surface area contributed by atoms with Crippen LogP contribution in [0.2, 0.25) is 0 Å². The Hall–Kier alpha value is -2.76. The molecule has 6 nitrogen and oxygen atoms in total. The van der Waals surface area contributed by atoms with E-state index in [-0.39, 0.29) is 11.4 Å². The smallest absolute Gasteiger partial charge is 0.322 e. The van der Waals surface area contributed by atoms with Crippen LogP contribution in [0.1, 0.15) is 24.0 Å². The van der Waals surface area contributed by atoms with E-state index in [1.165, 1.54) is 5.56 Å². The summed E-state index contributed by atoms with van der Waals surface area (Å²) in [6, 6.07) is 7.62. The van der Waals surface area contributed by atoms with E-state index in [2.05, 4.69) is 17.2 Å². The highest BCUT2D eigenvalue weighted by Crippen LogP contribution is 2.59. The first-order valence-corrected chi connectivity index (χ1v) is 8.62. The summed E-state index contributed by atoms with van der Waals surface area (Å²) in [4.78, 5) is 17.8. The number of hydrogen-bond acceptors (Lipinski definition) is 4. The molecule has 0 radical (unpaired) electrons. The number of benzene rings is 1. The lowest BCUT2D eigenvalue weighted by molar-refractivity contribution is 0.252. The summed E-state index contributed by atoms with van der Waals surface area (Å²) in [5, 5.41) is 2.79. The summed E-state index contributed by atoms with van der Waals surface area (Å²) in [7, 11) is 0. The van der Waals surface area contributed by atoms with E-state index in [0.29, 0.717) is 19.0 Å². The highest BCUT2D eigenvalue weighted by molar-refractivity contribution is 5.93. The van der Waals surface area contributed by atoms with Crippen LogP contribution >= 0.6 is 0 Å². The third kappa shape index (κ3) is 2.24. The second-order valence-electron chi connectivity index (χ2n) is 6.99. The molecule has 1 aromatic heterocycles. The maximum Gasteiger partial charge on any atom is 0.322 e. The standard InChI is InChI=1S/C19H19N3O3/c1-12-2-4-14(16-17(12)24-11-19(16)6-7-19)25-15-5-3-13(10-21-15)22-9-8-20-18(22)23/h2-5,10H,6-9,11H2,1H3,(H,20,23). The molecule has 3 aliphatic rings. The van der Waals surface area contributed by atoms with E-state index in [1.54, 1.807) is 11.1 Å². The van der Waals surface area contributed by atoms with Crippen molar-refractivity contribution in [1.82, 2.24) is 10.3 Å². The number of rotatable bonds is 3. The Kier molecular flexibility index (Phi) is 2.98. The fraction of sp³-hybridized carbons (Fsp3) is 0.368. The molecule has 3 heterocycles. The maximum absolute atomic E-state index is 11.7.